The van der Waals surface area contributed by atoms with E-state index in [1.807, 2.05) is 23.6 Å². The van der Waals surface area contributed by atoms with E-state index in [0.29, 0.717) is 13.2 Å². The fourth-order valence-electron chi connectivity index (χ4n) is 3.30. The molecule has 0 saturated carbocycles. The van der Waals surface area contributed by atoms with Crippen molar-refractivity contribution in [1.29, 1.82) is 0 Å². The van der Waals surface area contributed by atoms with E-state index in [4.69, 9.17) is 4.74 Å². The summed E-state index contributed by atoms with van der Waals surface area (Å²) in [4.78, 5) is 17.1. The van der Waals surface area contributed by atoms with Gasteiger partial charge in [0.05, 0.1) is 24.2 Å². The lowest BCUT2D eigenvalue weighted by Gasteiger charge is -2.23. The van der Waals surface area contributed by atoms with Crippen LogP contribution in [0.2, 0.25) is 0 Å². The minimum atomic E-state index is -0.408. The molecule has 1 saturated heterocycles. The highest BCUT2D eigenvalue weighted by molar-refractivity contribution is 5.87. The number of Topliss-reactive ketones (excluding diaryl/α,β-unsaturated/α-hetero) is 1. The Kier molecular flexibility index (Phi) is 4.53. The summed E-state index contributed by atoms with van der Waals surface area (Å²) in [5.41, 5.74) is 4.48. The van der Waals surface area contributed by atoms with Crippen LogP contribution < -0.4 is 5.32 Å². The number of nitrogens with zero attached hydrogens (tertiary/aromatic N) is 2. The summed E-state index contributed by atoms with van der Waals surface area (Å²) < 4.78 is 20.7. The summed E-state index contributed by atoms with van der Waals surface area (Å²) in [5.74, 6) is -0.223. The Bertz CT molecular complexity index is 944. The molecule has 0 bridgehead atoms. The number of ether oxygens (including phenoxy) is 1. The molecule has 3 aromatic rings. The van der Waals surface area contributed by atoms with Gasteiger partial charge in [-0.1, -0.05) is 12.1 Å². The maximum Gasteiger partial charge on any atom is 0.182 e. The summed E-state index contributed by atoms with van der Waals surface area (Å²) in [6.45, 7) is 4.09. The summed E-state index contributed by atoms with van der Waals surface area (Å²) in [6.07, 6.45) is 1.36. The molecule has 0 radical (unpaired) electrons. The van der Waals surface area contributed by atoms with E-state index in [1.165, 1.54) is 12.1 Å². The van der Waals surface area contributed by atoms with Crippen molar-refractivity contribution in [3.05, 3.63) is 54.1 Å². The number of carbonyl (C=O) groups excluding carboxylic acids is 1. The SMILES string of the molecule is Cc1cc2ncc(-c3ccc(F)cc3)cc2n1CC(=O)C1CNCCO1. The Morgan fingerprint density at radius 1 is 1.31 bits per heavy atom. The van der Waals surface area contributed by atoms with E-state index < -0.39 is 6.10 Å². The van der Waals surface area contributed by atoms with Gasteiger partial charge >= 0.3 is 0 Å². The van der Waals surface area contributed by atoms with Gasteiger partial charge in [-0.15, -0.1) is 0 Å². The largest absolute Gasteiger partial charge is 0.368 e. The van der Waals surface area contributed by atoms with Crippen LogP contribution >= 0.6 is 0 Å². The van der Waals surface area contributed by atoms with Gasteiger partial charge in [-0.25, -0.2) is 4.39 Å². The molecule has 5 nitrogen and oxygen atoms in total. The third kappa shape index (κ3) is 3.25. The molecule has 1 aliphatic rings. The van der Waals surface area contributed by atoms with Crippen molar-refractivity contribution in [1.82, 2.24) is 14.9 Å². The maximum atomic E-state index is 13.2. The van der Waals surface area contributed by atoms with Gasteiger partial charge in [-0.2, -0.15) is 0 Å². The zero-order valence-corrected chi connectivity index (χ0v) is 14.5. The first-order valence-corrected chi connectivity index (χ1v) is 8.69. The van der Waals surface area contributed by atoms with E-state index >= 15 is 0 Å². The molecule has 1 N–H and O–H groups in total. The smallest absolute Gasteiger partial charge is 0.182 e. The molecule has 1 fully saturated rings. The van der Waals surface area contributed by atoms with Crippen LogP contribution in [-0.2, 0) is 16.1 Å². The molecule has 4 rings (SSSR count). The monoisotopic (exact) mass is 353 g/mol. The molecule has 0 spiro atoms. The second-order valence-electron chi connectivity index (χ2n) is 6.54. The van der Waals surface area contributed by atoms with E-state index in [2.05, 4.69) is 10.3 Å². The van der Waals surface area contributed by atoms with E-state index in [0.717, 1.165) is 34.4 Å². The number of fused-ring (bicyclic) bond motifs is 1. The quantitative estimate of drug-likeness (QED) is 0.784. The Balaban J connectivity index is 1.67. The van der Waals surface area contributed by atoms with Crippen molar-refractivity contribution in [3.8, 4) is 11.1 Å². The van der Waals surface area contributed by atoms with Crippen LogP contribution in [0.25, 0.3) is 22.2 Å². The molecule has 134 valence electrons. The second kappa shape index (κ2) is 6.97. The lowest BCUT2D eigenvalue weighted by atomic mass is 10.1. The van der Waals surface area contributed by atoms with Crippen LogP contribution in [0, 0.1) is 12.7 Å². The first-order valence-electron chi connectivity index (χ1n) is 8.69. The fraction of sp³-hybridized carbons (Fsp3) is 0.300. The van der Waals surface area contributed by atoms with Crippen molar-refractivity contribution in [2.45, 2.75) is 19.6 Å². The minimum Gasteiger partial charge on any atom is -0.368 e. The van der Waals surface area contributed by atoms with Gasteiger partial charge < -0.3 is 14.6 Å². The van der Waals surface area contributed by atoms with Crippen molar-refractivity contribution in [3.63, 3.8) is 0 Å². The van der Waals surface area contributed by atoms with Gasteiger partial charge in [0.1, 0.15) is 11.9 Å². The summed E-state index contributed by atoms with van der Waals surface area (Å²) in [5, 5.41) is 3.18. The van der Waals surface area contributed by atoms with Gasteiger partial charge in [0, 0.05) is 30.5 Å². The number of pyridine rings is 1. The third-order valence-electron chi connectivity index (χ3n) is 4.74. The number of benzene rings is 1. The molecule has 1 aromatic carbocycles. The predicted molar refractivity (Wildman–Crippen MR) is 97.5 cm³/mol. The molecule has 1 atom stereocenters. The van der Waals surface area contributed by atoms with Crippen molar-refractivity contribution < 1.29 is 13.9 Å². The van der Waals surface area contributed by atoms with Crippen molar-refractivity contribution in [2.75, 3.05) is 19.7 Å². The molecule has 3 heterocycles. The van der Waals surface area contributed by atoms with Crippen LogP contribution in [0.3, 0.4) is 0 Å². The lowest BCUT2D eigenvalue weighted by Crippen LogP contribution is -2.44. The van der Waals surface area contributed by atoms with Gasteiger partial charge in [0.2, 0.25) is 0 Å². The average molecular weight is 353 g/mol. The van der Waals surface area contributed by atoms with Crippen molar-refractivity contribution in [2.24, 2.45) is 0 Å². The number of aromatic nitrogens is 2. The topological polar surface area (TPSA) is 56.2 Å². The first kappa shape index (κ1) is 16.9. The van der Waals surface area contributed by atoms with Crippen LogP contribution in [0.5, 0.6) is 0 Å². The molecule has 1 aliphatic heterocycles. The number of halogens is 1. The average Bonchev–Trinajstić information content (AvgIpc) is 2.98. The van der Waals surface area contributed by atoms with Gasteiger partial charge in [0.15, 0.2) is 5.78 Å². The van der Waals surface area contributed by atoms with Crippen LogP contribution in [0.1, 0.15) is 5.69 Å². The van der Waals surface area contributed by atoms with Gasteiger partial charge in [0.25, 0.3) is 0 Å². The first-order chi connectivity index (χ1) is 12.6. The molecule has 26 heavy (non-hydrogen) atoms. The van der Waals surface area contributed by atoms with E-state index in [9.17, 15) is 9.18 Å². The van der Waals surface area contributed by atoms with Crippen molar-refractivity contribution >= 4 is 16.8 Å². The Hall–Kier alpha value is -2.57. The lowest BCUT2D eigenvalue weighted by molar-refractivity contribution is -0.132. The number of hydrogen-bond donors (Lipinski definition) is 1. The highest BCUT2D eigenvalue weighted by Crippen LogP contribution is 2.25. The van der Waals surface area contributed by atoms with Gasteiger partial charge in [-0.05, 0) is 36.8 Å². The third-order valence-corrected chi connectivity index (χ3v) is 4.74. The fourth-order valence-corrected chi connectivity index (χ4v) is 3.30. The zero-order valence-electron chi connectivity index (χ0n) is 14.5. The van der Waals surface area contributed by atoms with Gasteiger partial charge in [-0.3, -0.25) is 9.78 Å². The molecule has 2 aromatic heterocycles. The number of rotatable bonds is 4. The normalized spacial score (nSPS) is 17.5. The minimum absolute atomic E-state index is 0.0463. The highest BCUT2D eigenvalue weighted by Gasteiger charge is 2.23. The molecular formula is C20H20FN3O2. The second-order valence-corrected chi connectivity index (χ2v) is 6.54. The Morgan fingerprint density at radius 2 is 2.12 bits per heavy atom. The number of morpholine rings is 1. The molecule has 1 unspecified atom stereocenters. The number of carbonyl (C=O) groups is 1. The summed E-state index contributed by atoms with van der Waals surface area (Å²) in [6, 6.07) is 10.3. The number of hydrogen-bond acceptors (Lipinski definition) is 4. The van der Waals surface area contributed by atoms with E-state index in [-0.39, 0.29) is 18.1 Å². The van der Waals surface area contributed by atoms with E-state index in [1.54, 1.807) is 18.3 Å². The number of nitrogens with one attached hydrogen (secondary N) is 1. The molecule has 6 heteroatoms. The molecule has 0 amide bonds. The Labute approximate surface area is 150 Å². The molecule has 0 aliphatic carbocycles. The predicted octanol–water partition coefficient (Wildman–Crippen LogP) is 2.71. The van der Waals surface area contributed by atoms with Crippen LogP contribution in [0.4, 0.5) is 4.39 Å². The standard InChI is InChI=1S/C20H20FN3O2/c1-13-8-17-18(24(13)12-19(25)20-11-22-6-7-26-20)9-15(10-23-17)14-2-4-16(21)5-3-14/h2-5,8-10,20,22H,6-7,11-12H2,1H3. The Morgan fingerprint density at radius 3 is 2.85 bits per heavy atom. The maximum absolute atomic E-state index is 13.2. The number of aryl methyl sites for hydroxylation is 1. The highest BCUT2D eigenvalue weighted by atomic mass is 19.1. The molecular weight excluding hydrogens is 333 g/mol. The van der Waals surface area contributed by atoms with Crippen LogP contribution in [0.15, 0.2) is 42.6 Å². The van der Waals surface area contributed by atoms with Crippen LogP contribution in [-0.4, -0.2) is 41.1 Å². The summed E-state index contributed by atoms with van der Waals surface area (Å²) in [7, 11) is 0. The summed E-state index contributed by atoms with van der Waals surface area (Å²) >= 11 is 0. The number of ketones is 1. The zero-order chi connectivity index (χ0) is 18.1.